The van der Waals surface area contributed by atoms with Crippen LogP contribution in [0.5, 0.6) is 0 Å². The molecule has 0 spiro atoms. The van der Waals surface area contributed by atoms with Crippen molar-refractivity contribution in [2.75, 3.05) is 26.2 Å². The van der Waals surface area contributed by atoms with E-state index in [1.165, 1.54) is 25.0 Å². The zero-order valence-electron chi connectivity index (χ0n) is 38.7. The van der Waals surface area contributed by atoms with Crippen LogP contribution in [0.1, 0.15) is 64.8 Å². The van der Waals surface area contributed by atoms with Crippen molar-refractivity contribution in [2.24, 2.45) is 39.8 Å². The first-order valence-corrected chi connectivity index (χ1v) is 21.8. The molecule has 0 aliphatic heterocycles. The zero-order valence-corrected chi connectivity index (χ0v) is 38.7. The largest absolute Gasteiger partial charge is 0.480 e. The van der Waals surface area contributed by atoms with E-state index in [1.54, 1.807) is 27.7 Å². The van der Waals surface area contributed by atoms with Crippen molar-refractivity contribution >= 4 is 65.1 Å². The zero-order chi connectivity index (χ0) is 51.8. The van der Waals surface area contributed by atoms with Gasteiger partial charge in [0.2, 0.25) is 53.2 Å². The van der Waals surface area contributed by atoms with Crippen LogP contribution in [-0.4, -0.2) is 164 Å². The second kappa shape index (κ2) is 29.2. The van der Waals surface area contributed by atoms with Crippen molar-refractivity contribution in [3.63, 3.8) is 0 Å². The normalized spacial score (nSPS) is 14.0. The second-order valence-electron chi connectivity index (χ2n) is 16.4. The maximum absolute atomic E-state index is 14.1. The van der Waals surface area contributed by atoms with E-state index in [2.05, 4.69) is 67.5 Å². The highest BCUT2D eigenvalue weighted by Crippen LogP contribution is 2.10. The number of aromatic nitrogens is 4. The lowest BCUT2D eigenvalue weighted by Gasteiger charge is -2.28. The molecule has 0 radical (unpaired) electrons. The van der Waals surface area contributed by atoms with Gasteiger partial charge in [0.1, 0.15) is 48.8 Å². The average molecular weight is 976 g/mol. The number of carbonyl (C=O) groups excluding carboxylic acids is 9. The predicted molar refractivity (Wildman–Crippen MR) is 243 cm³/mol. The number of amides is 9. The number of hydrogen-bond acceptors (Lipinski definition) is 15. The summed E-state index contributed by atoms with van der Waals surface area (Å²) in [6.07, 6.45) is 4.20. The Morgan fingerprint density at radius 1 is 0.623 bits per heavy atom. The fourth-order valence-electron chi connectivity index (χ4n) is 6.26. The minimum Gasteiger partial charge on any atom is -0.480 e. The van der Waals surface area contributed by atoms with Crippen LogP contribution < -0.4 is 65.5 Å². The van der Waals surface area contributed by atoms with Crippen molar-refractivity contribution in [2.45, 2.75) is 109 Å². The van der Waals surface area contributed by atoms with Gasteiger partial charge in [0, 0.05) is 49.6 Å². The van der Waals surface area contributed by atoms with Crippen LogP contribution in [0.25, 0.3) is 0 Å². The van der Waals surface area contributed by atoms with E-state index in [1.807, 2.05) is 0 Å². The fraction of sp³-hybridized carbons (Fsp3) is 0.575. The Kier molecular flexibility index (Phi) is 24.3. The van der Waals surface area contributed by atoms with Crippen LogP contribution >= 0.6 is 0 Å². The van der Waals surface area contributed by atoms with Gasteiger partial charge in [-0.2, -0.15) is 0 Å². The van der Waals surface area contributed by atoms with Gasteiger partial charge >= 0.3 is 5.97 Å². The number of aromatic amines is 2. The molecule has 2 heterocycles. The third-order valence-corrected chi connectivity index (χ3v) is 10.00. The molecule has 2 aromatic rings. The number of carboxylic acids is 1. The van der Waals surface area contributed by atoms with Crippen LogP contribution in [-0.2, 0) is 60.8 Å². The maximum atomic E-state index is 14.1. The van der Waals surface area contributed by atoms with Crippen LogP contribution in [0.2, 0.25) is 0 Å². The van der Waals surface area contributed by atoms with E-state index in [9.17, 15) is 53.1 Å². The highest BCUT2D eigenvalue weighted by Gasteiger charge is 2.35. The number of H-pyrrole nitrogens is 2. The molecule has 382 valence electrons. The molecule has 0 unspecified atom stereocenters. The number of carbonyl (C=O) groups is 10. The number of aliphatic imine (C=N–C) groups is 1. The molecule has 0 aromatic carbocycles. The average Bonchev–Trinajstić information content (AvgIpc) is 4.01. The van der Waals surface area contributed by atoms with Gasteiger partial charge in [0.25, 0.3) is 0 Å². The number of nitrogens with two attached hydrogens (primary N) is 4. The summed E-state index contributed by atoms with van der Waals surface area (Å²) in [5.74, 6) is -10.5. The highest BCUT2D eigenvalue weighted by atomic mass is 16.4. The third-order valence-electron chi connectivity index (χ3n) is 10.00. The quantitative estimate of drug-likeness (QED) is 0.0190. The number of aliphatic hydroxyl groups excluding tert-OH is 1. The molecule has 7 atom stereocenters. The van der Waals surface area contributed by atoms with Crippen LogP contribution in [0, 0.1) is 11.8 Å². The number of nitrogens with one attached hydrogen (secondary N) is 10. The molecule has 0 saturated carbocycles. The predicted octanol–water partition coefficient (Wildman–Crippen LogP) is -6.91. The lowest BCUT2D eigenvalue weighted by atomic mass is 10.0. The number of primary amides is 1. The van der Waals surface area contributed by atoms with Crippen LogP contribution in [0.3, 0.4) is 0 Å². The summed E-state index contributed by atoms with van der Waals surface area (Å²) in [5.41, 5.74) is 22.6. The Bertz CT molecular complexity index is 2080. The van der Waals surface area contributed by atoms with E-state index in [-0.39, 0.29) is 44.6 Å². The molecular weight excluding hydrogens is 911 g/mol. The number of hydrogen-bond donors (Lipinski definition) is 16. The number of carboxylic acid groups (broad SMARTS) is 1. The van der Waals surface area contributed by atoms with E-state index < -0.39 is 139 Å². The number of aliphatic hydroxyl groups is 1. The van der Waals surface area contributed by atoms with Gasteiger partial charge in [-0.05, 0) is 31.1 Å². The molecule has 69 heavy (non-hydrogen) atoms. The van der Waals surface area contributed by atoms with Crippen LogP contribution in [0.4, 0.5) is 0 Å². The standard InChI is InChI=1S/C40H65N17O12/c1-19(2)31(56-33(63)23(41)16-58)38(68)48-14-29(60)52-27(11-22-13-46-18-51-22)37(67)57-32(20(3)4)39(69)54-24(6-5-9-47-40(43)44)35(65)53-25(7-8-28(42)59)36(66)55-26(10-21-12-45-17-50-21)34(64)49-15-30(61)62/h12-13,17-20,23-27,31-32,58H,5-11,14-16,41H2,1-4H3,(H2,42,59)(H,45,50)(H,46,51)(H,48,68)(H,49,64)(H,52,60)(H,53,65)(H,54,69)(H,55,66)(H,56,63)(H,57,67)(H,61,62)(H4,43,44,47)/t23-,24-,25-,26-,27-,31-,32-/m0/s1. The Morgan fingerprint density at radius 2 is 1.10 bits per heavy atom. The first-order chi connectivity index (χ1) is 32.5. The molecular formula is C40H65N17O12. The molecule has 0 saturated heterocycles. The molecule has 0 aliphatic rings. The van der Waals surface area contributed by atoms with E-state index in [0.717, 1.165) is 0 Å². The topological polar surface area (TPSA) is 481 Å². The minimum atomic E-state index is -1.55. The summed E-state index contributed by atoms with van der Waals surface area (Å²) in [6, 6.07) is -9.56. The van der Waals surface area contributed by atoms with Gasteiger partial charge in [0.05, 0.1) is 25.8 Å². The number of nitrogens with zero attached hydrogens (tertiary/aromatic N) is 3. The number of imidazole rings is 2. The third kappa shape index (κ3) is 21.2. The Balaban J connectivity index is 2.36. The lowest BCUT2D eigenvalue weighted by molar-refractivity contribution is -0.138. The lowest BCUT2D eigenvalue weighted by Crippen LogP contribution is -2.60. The first kappa shape index (κ1) is 57.4. The Morgan fingerprint density at radius 3 is 1.59 bits per heavy atom. The number of rotatable bonds is 31. The molecule has 0 fully saturated rings. The Labute approximate surface area is 396 Å². The molecule has 2 rings (SSSR count). The maximum Gasteiger partial charge on any atom is 0.322 e. The van der Waals surface area contributed by atoms with Gasteiger partial charge in [-0.1, -0.05) is 27.7 Å². The summed E-state index contributed by atoms with van der Waals surface area (Å²) >= 11 is 0. The number of guanidine groups is 1. The van der Waals surface area contributed by atoms with Crippen molar-refractivity contribution in [1.82, 2.24) is 62.5 Å². The van der Waals surface area contributed by atoms with Crippen molar-refractivity contribution < 1.29 is 58.2 Å². The molecule has 9 amide bonds. The summed E-state index contributed by atoms with van der Waals surface area (Å²) in [4.78, 5) is 148. The minimum absolute atomic E-state index is 0.00126. The number of aliphatic carboxylic acids is 1. The van der Waals surface area contributed by atoms with E-state index in [4.69, 9.17) is 28.0 Å². The monoisotopic (exact) mass is 975 g/mol. The SMILES string of the molecule is CC(C)[C@H](NC(=O)[C@H](Cc1cnc[nH]1)NC(=O)CNC(=O)[C@@H](NC(=O)[C@@H](N)CO)C(C)C)C(=O)N[C@@H](CCCN=C(N)N)C(=O)N[C@@H](CCC(N)=O)C(=O)N[C@@H](Cc1cnc[nH]1)C(=O)NCC(=O)O. The van der Waals surface area contributed by atoms with Crippen molar-refractivity contribution in [3.8, 4) is 0 Å². The summed E-state index contributed by atoms with van der Waals surface area (Å²) in [7, 11) is 0. The Hall–Kier alpha value is -7.69. The van der Waals surface area contributed by atoms with Crippen molar-refractivity contribution in [3.05, 3.63) is 36.4 Å². The summed E-state index contributed by atoms with van der Waals surface area (Å²) < 4.78 is 0. The molecule has 29 nitrogen and oxygen atoms in total. The molecule has 0 aliphatic carbocycles. The van der Waals surface area contributed by atoms with Crippen molar-refractivity contribution in [1.29, 1.82) is 0 Å². The van der Waals surface area contributed by atoms with E-state index >= 15 is 0 Å². The summed E-state index contributed by atoms with van der Waals surface area (Å²) in [5, 5.41) is 38.0. The van der Waals surface area contributed by atoms with E-state index in [0.29, 0.717) is 11.4 Å². The first-order valence-electron chi connectivity index (χ1n) is 21.8. The summed E-state index contributed by atoms with van der Waals surface area (Å²) in [6.45, 7) is 4.33. The van der Waals surface area contributed by atoms with Gasteiger partial charge in [-0.25, -0.2) is 9.97 Å². The van der Waals surface area contributed by atoms with Crippen LogP contribution in [0.15, 0.2) is 30.0 Å². The van der Waals surface area contributed by atoms with Gasteiger partial charge in [-0.3, -0.25) is 52.9 Å². The molecule has 2 aromatic heterocycles. The van der Waals surface area contributed by atoms with Gasteiger partial charge in [0.15, 0.2) is 5.96 Å². The molecule has 29 heteroatoms. The second-order valence-corrected chi connectivity index (χ2v) is 16.4. The molecule has 0 bridgehead atoms. The smallest absolute Gasteiger partial charge is 0.322 e. The highest BCUT2D eigenvalue weighted by molar-refractivity contribution is 5.97. The van der Waals surface area contributed by atoms with Gasteiger partial charge in [-0.15, -0.1) is 0 Å². The molecule has 20 N–H and O–H groups in total. The fourth-order valence-corrected chi connectivity index (χ4v) is 6.26. The van der Waals surface area contributed by atoms with Gasteiger partial charge < -0.3 is 85.6 Å².